The minimum Gasteiger partial charge on any atom is -0.456 e. The van der Waals surface area contributed by atoms with Crippen molar-refractivity contribution in [1.29, 1.82) is 0 Å². The Balaban J connectivity index is 2.35. The fourth-order valence-corrected chi connectivity index (χ4v) is 1.98. The highest BCUT2D eigenvalue weighted by Gasteiger charge is 2.19. The number of ether oxygens (including phenoxy) is 1. The molecule has 0 aromatic heterocycles. The molecule has 0 spiro atoms. The average Bonchev–Trinajstić information content (AvgIpc) is 2.45. The minimum absolute atomic E-state index is 0.378. The average molecular weight is 313 g/mol. The Morgan fingerprint density at radius 3 is 2.14 bits per heavy atom. The molecule has 2 aromatic carbocycles. The largest absolute Gasteiger partial charge is 0.456 e. The smallest absolute Gasteiger partial charge is 0.339 e. The van der Waals surface area contributed by atoms with Crippen LogP contribution in [0.15, 0.2) is 48.5 Å². The summed E-state index contributed by atoms with van der Waals surface area (Å²) in [7, 11) is 0. The third-order valence-corrected chi connectivity index (χ3v) is 3.08. The highest BCUT2D eigenvalue weighted by molar-refractivity contribution is 6.31. The zero-order chi connectivity index (χ0) is 16.2. The second-order valence-corrected chi connectivity index (χ2v) is 6.18. The molecule has 0 unspecified atom stereocenters. The highest BCUT2D eigenvalue weighted by atomic mass is 35.5. The van der Waals surface area contributed by atoms with Gasteiger partial charge in [0.2, 0.25) is 0 Å². The lowest BCUT2D eigenvalue weighted by Crippen LogP contribution is -2.24. The van der Waals surface area contributed by atoms with Gasteiger partial charge in [0.05, 0.1) is 10.6 Å². The predicted octanol–water partition coefficient (Wildman–Crippen LogP) is 4.70. The van der Waals surface area contributed by atoms with Crippen LogP contribution in [0.3, 0.4) is 0 Å². The van der Waals surface area contributed by atoms with Gasteiger partial charge in [-0.3, -0.25) is 0 Å². The summed E-state index contributed by atoms with van der Waals surface area (Å²) in [4.78, 5) is 12.2. The summed E-state index contributed by atoms with van der Waals surface area (Å²) in [6, 6.07) is 14.5. The summed E-state index contributed by atoms with van der Waals surface area (Å²) in [6.07, 6.45) is 0. The molecular weight excluding hydrogens is 296 g/mol. The van der Waals surface area contributed by atoms with Gasteiger partial charge in [-0.15, -0.1) is 0 Å². The van der Waals surface area contributed by atoms with Crippen LogP contribution in [0.4, 0.5) is 0 Å². The van der Waals surface area contributed by atoms with Crippen molar-refractivity contribution < 1.29 is 9.53 Å². The van der Waals surface area contributed by atoms with E-state index in [1.165, 1.54) is 0 Å². The predicted molar refractivity (Wildman–Crippen MR) is 89.0 cm³/mol. The maximum Gasteiger partial charge on any atom is 0.339 e. The normalized spacial score (nSPS) is 10.5. The van der Waals surface area contributed by atoms with Crippen LogP contribution in [0.2, 0.25) is 5.02 Å². The standard InChI is InChI=1S/C19H17ClO2/c1-19(2,3)22-18(21)16-10-6-4-8-14(16)12-13-15-9-5-7-11-17(15)20/h4-11H,1-3H3. The Morgan fingerprint density at radius 1 is 0.955 bits per heavy atom. The van der Waals surface area contributed by atoms with Gasteiger partial charge in [-0.2, -0.15) is 0 Å². The van der Waals surface area contributed by atoms with Crippen molar-refractivity contribution in [2.45, 2.75) is 26.4 Å². The van der Waals surface area contributed by atoms with E-state index in [2.05, 4.69) is 11.8 Å². The molecule has 0 radical (unpaired) electrons. The van der Waals surface area contributed by atoms with Gasteiger partial charge in [-0.25, -0.2) is 4.79 Å². The van der Waals surface area contributed by atoms with Gasteiger partial charge in [-0.05, 0) is 45.0 Å². The van der Waals surface area contributed by atoms with Crippen LogP contribution in [0, 0.1) is 11.8 Å². The van der Waals surface area contributed by atoms with Crippen molar-refractivity contribution in [2.24, 2.45) is 0 Å². The van der Waals surface area contributed by atoms with Gasteiger partial charge in [-0.1, -0.05) is 47.7 Å². The molecule has 0 bridgehead atoms. The van der Waals surface area contributed by atoms with Crippen molar-refractivity contribution in [3.8, 4) is 11.8 Å². The number of hydrogen-bond acceptors (Lipinski definition) is 2. The Bertz CT molecular complexity index is 746. The van der Waals surface area contributed by atoms with E-state index in [-0.39, 0.29) is 5.97 Å². The first-order valence-electron chi connectivity index (χ1n) is 6.96. The molecule has 2 rings (SSSR count). The van der Waals surface area contributed by atoms with E-state index < -0.39 is 5.60 Å². The zero-order valence-electron chi connectivity index (χ0n) is 12.8. The van der Waals surface area contributed by atoms with Gasteiger partial charge in [0.1, 0.15) is 5.60 Å². The second-order valence-electron chi connectivity index (χ2n) is 5.78. The fraction of sp³-hybridized carbons (Fsp3) is 0.211. The summed E-state index contributed by atoms with van der Waals surface area (Å²) in [5, 5.41) is 0.588. The van der Waals surface area contributed by atoms with Gasteiger partial charge < -0.3 is 4.74 Å². The number of rotatable bonds is 1. The molecule has 0 fully saturated rings. The number of esters is 1. The molecule has 2 nitrogen and oxygen atoms in total. The lowest BCUT2D eigenvalue weighted by atomic mass is 10.1. The van der Waals surface area contributed by atoms with E-state index in [1.54, 1.807) is 24.3 Å². The van der Waals surface area contributed by atoms with Crippen molar-refractivity contribution in [2.75, 3.05) is 0 Å². The molecule has 112 valence electrons. The monoisotopic (exact) mass is 312 g/mol. The van der Waals surface area contributed by atoms with Crippen molar-refractivity contribution in [3.63, 3.8) is 0 Å². The molecule has 0 aliphatic heterocycles. The molecule has 0 N–H and O–H groups in total. The van der Waals surface area contributed by atoms with Crippen molar-refractivity contribution in [1.82, 2.24) is 0 Å². The molecule has 0 aliphatic rings. The van der Waals surface area contributed by atoms with Crippen LogP contribution < -0.4 is 0 Å². The molecular formula is C19H17ClO2. The van der Waals surface area contributed by atoms with E-state index >= 15 is 0 Å². The zero-order valence-corrected chi connectivity index (χ0v) is 13.6. The first-order valence-corrected chi connectivity index (χ1v) is 7.33. The maximum absolute atomic E-state index is 12.2. The Morgan fingerprint density at radius 2 is 1.50 bits per heavy atom. The highest BCUT2D eigenvalue weighted by Crippen LogP contribution is 2.16. The number of carbonyl (C=O) groups excluding carboxylic acids is 1. The van der Waals surface area contributed by atoms with E-state index in [4.69, 9.17) is 16.3 Å². The summed E-state index contributed by atoms with van der Waals surface area (Å²) < 4.78 is 5.41. The Hall–Kier alpha value is -2.24. The van der Waals surface area contributed by atoms with E-state index in [9.17, 15) is 4.79 Å². The molecule has 0 atom stereocenters. The SMILES string of the molecule is CC(C)(C)OC(=O)c1ccccc1C#Cc1ccccc1Cl. The molecule has 2 aromatic rings. The Labute approximate surface area is 136 Å². The van der Waals surface area contributed by atoms with Crippen LogP contribution >= 0.6 is 11.6 Å². The minimum atomic E-state index is -0.541. The van der Waals surface area contributed by atoms with Gasteiger partial charge in [0, 0.05) is 11.1 Å². The van der Waals surface area contributed by atoms with Crippen LogP contribution in [0.5, 0.6) is 0 Å². The molecule has 0 heterocycles. The van der Waals surface area contributed by atoms with E-state index in [1.807, 2.05) is 45.0 Å². The third-order valence-electron chi connectivity index (χ3n) is 2.75. The third kappa shape index (κ3) is 4.38. The molecule has 3 heteroatoms. The van der Waals surface area contributed by atoms with Crippen LogP contribution in [0.25, 0.3) is 0 Å². The van der Waals surface area contributed by atoms with Gasteiger partial charge in [0.25, 0.3) is 0 Å². The molecule has 22 heavy (non-hydrogen) atoms. The maximum atomic E-state index is 12.2. The number of carbonyl (C=O) groups is 1. The summed E-state index contributed by atoms with van der Waals surface area (Å²) in [5.41, 5.74) is 1.26. The first kappa shape index (κ1) is 16.1. The summed E-state index contributed by atoms with van der Waals surface area (Å²) in [5.74, 6) is 5.62. The van der Waals surface area contributed by atoms with Crippen LogP contribution in [-0.2, 0) is 4.74 Å². The lowest BCUT2D eigenvalue weighted by Gasteiger charge is -2.19. The fourth-order valence-electron chi connectivity index (χ4n) is 1.80. The van der Waals surface area contributed by atoms with Gasteiger partial charge in [0.15, 0.2) is 0 Å². The number of benzene rings is 2. The van der Waals surface area contributed by atoms with Gasteiger partial charge >= 0.3 is 5.97 Å². The summed E-state index contributed by atoms with van der Waals surface area (Å²) in [6.45, 7) is 5.51. The van der Waals surface area contributed by atoms with Crippen LogP contribution in [0.1, 0.15) is 42.3 Å². The second kappa shape index (κ2) is 6.68. The summed E-state index contributed by atoms with van der Waals surface area (Å²) >= 11 is 6.09. The van der Waals surface area contributed by atoms with E-state index in [0.29, 0.717) is 16.1 Å². The number of hydrogen-bond donors (Lipinski definition) is 0. The molecule has 0 saturated carbocycles. The van der Waals surface area contributed by atoms with E-state index in [0.717, 1.165) is 5.56 Å². The van der Waals surface area contributed by atoms with Crippen LogP contribution in [-0.4, -0.2) is 11.6 Å². The lowest BCUT2D eigenvalue weighted by molar-refractivity contribution is 0.00693. The van der Waals surface area contributed by atoms with Crippen molar-refractivity contribution in [3.05, 3.63) is 70.2 Å². The number of halogens is 1. The molecule has 0 aliphatic carbocycles. The Kier molecular flexibility index (Phi) is 4.90. The van der Waals surface area contributed by atoms with Crippen molar-refractivity contribution >= 4 is 17.6 Å². The topological polar surface area (TPSA) is 26.3 Å². The molecule has 0 saturated heterocycles. The first-order chi connectivity index (χ1) is 10.4. The molecule has 0 amide bonds. The quantitative estimate of drug-likeness (QED) is 0.564.